The quantitative estimate of drug-likeness (QED) is 0.543. The van der Waals surface area contributed by atoms with E-state index in [2.05, 4.69) is 11.1 Å². The van der Waals surface area contributed by atoms with Crippen molar-refractivity contribution in [3.8, 4) is 28.5 Å². The number of nitrogens with two attached hydrogens (primary N) is 1. The van der Waals surface area contributed by atoms with Gasteiger partial charge in [-0.1, -0.05) is 42.5 Å². The number of nitrogen functional groups attached to an aromatic ring is 1. The first kappa shape index (κ1) is 16.6. The van der Waals surface area contributed by atoms with E-state index in [9.17, 15) is 10.1 Å². The van der Waals surface area contributed by atoms with Crippen LogP contribution in [0.4, 0.5) is 5.82 Å². The zero-order valence-corrected chi connectivity index (χ0v) is 14.6. The lowest BCUT2D eigenvalue weighted by atomic mass is 9.96. The molecule has 5 nitrogen and oxygen atoms in total. The van der Waals surface area contributed by atoms with Gasteiger partial charge in [0.1, 0.15) is 23.0 Å². The number of nitriles is 1. The first-order chi connectivity index (χ1) is 13.1. The predicted octanol–water partition coefficient (Wildman–Crippen LogP) is 4.28. The topological polar surface area (TPSA) is 92.9 Å². The van der Waals surface area contributed by atoms with Crippen molar-refractivity contribution >= 4 is 16.8 Å². The van der Waals surface area contributed by atoms with Crippen molar-refractivity contribution in [3.63, 3.8) is 0 Å². The van der Waals surface area contributed by atoms with Crippen molar-refractivity contribution < 1.29 is 4.42 Å². The van der Waals surface area contributed by atoms with Gasteiger partial charge in [0.25, 0.3) is 0 Å². The number of hydrogen-bond donors (Lipinski definition) is 1. The summed E-state index contributed by atoms with van der Waals surface area (Å²) < 4.78 is 5.34. The van der Waals surface area contributed by atoms with Crippen LogP contribution in [-0.4, -0.2) is 4.98 Å². The summed E-state index contributed by atoms with van der Waals surface area (Å²) in [4.78, 5) is 16.5. The lowest BCUT2D eigenvalue weighted by Crippen LogP contribution is -2.03. The fraction of sp³-hybridized carbons (Fsp3) is 0.0455. The summed E-state index contributed by atoms with van der Waals surface area (Å²) in [5.74, 6) is 0.127. The van der Waals surface area contributed by atoms with Gasteiger partial charge in [-0.25, -0.2) is 9.78 Å². The number of anilines is 1. The highest BCUT2D eigenvalue weighted by molar-refractivity contribution is 5.96. The number of fused-ring (bicyclic) bond motifs is 1. The van der Waals surface area contributed by atoms with Gasteiger partial charge in [0.2, 0.25) is 0 Å². The van der Waals surface area contributed by atoms with Crippen LogP contribution in [0.15, 0.2) is 69.9 Å². The second kappa shape index (κ2) is 6.43. The van der Waals surface area contributed by atoms with Crippen LogP contribution >= 0.6 is 0 Å². The molecular weight excluding hydrogens is 338 g/mol. The molecule has 0 fully saturated rings. The summed E-state index contributed by atoms with van der Waals surface area (Å²) in [5.41, 5.74) is 9.95. The summed E-state index contributed by atoms with van der Waals surface area (Å²) in [6, 6.07) is 20.5. The molecule has 5 heteroatoms. The molecule has 0 aliphatic carbocycles. The zero-order chi connectivity index (χ0) is 19.0. The minimum atomic E-state index is -0.483. The number of aromatic nitrogens is 1. The molecule has 0 aliphatic heterocycles. The Balaban J connectivity index is 2.08. The van der Waals surface area contributed by atoms with E-state index in [1.807, 2.05) is 49.4 Å². The summed E-state index contributed by atoms with van der Waals surface area (Å²) in [6.45, 7) is 1.92. The number of rotatable bonds is 2. The van der Waals surface area contributed by atoms with Crippen LogP contribution in [0.3, 0.4) is 0 Å². The highest BCUT2D eigenvalue weighted by Gasteiger charge is 2.17. The normalized spacial score (nSPS) is 10.7. The Bertz CT molecular complexity index is 1270. The van der Waals surface area contributed by atoms with Crippen LogP contribution in [0.1, 0.15) is 11.1 Å². The van der Waals surface area contributed by atoms with Crippen molar-refractivity contribution in [1.29, 1.82) is 5.26 Å². The van der Waals surface area contributed by atoms with E-state index in [0.29, 0.717) is 22.4 Å². The van der Waals surface area contributed by atoms with E-state index >= 15 is 0 Å². The van der Waals surface area contributed by atoms with Crippen LogP contribution in [-0.2, 0) is 0 Å². The third kappa shape index (κ3) is 2.94. The van der Waals surface area contributed by atoms with Gasteiger partial charge in [0.15, 0.2) is 0 Å². The maximum absolute atomic E-state index is 12.1. The lowest BCUT2D eigenvalue weighted by molar-refractivity contribution is 0.561. The predicted molar refractivity (Wildman–Crippen MR) is 105 cm³/mol. The molecule has 27 heavy (non-hydrogen) atoms. The second-order valence-corrected chi connectivity index (χ2v) is 6.27. The van der Waals surface area contributed by atoms with E-state index in [4.69, 9.17) is 10.2 Å². The van der Waals surface area contributed by atoms with Gasteiger partial charge in [-0.3, -0.25) is 0 Å². The van der Waals surface area contributed by atoms with Crippen LogP contribution in [0.5, 0.6) is 0 Å². The van der Waals surface area contributed by atoms with E-state index in [1.165, 1.54) is 6.07 Å². The SMILES string of the molecule is Cc1ccc2c(-c3cc(-c4ccccc4)nc(N)c3C#N)cc(=O)oc2c1. The second-order valence-electron chi connectivity index (χ2n) is 6.27. The standard InChI is InChI=1S/C22H15N3O2/c1-13-7-8-15-17(11-21(26)27-20(15)9-13)16-10-19(14-5-3-2-4-6-14)25-22(24)18(16)12-23/h2-11H,1H3,(H2,24,25). The van der Waals surface area contributed by atoms with Crippen molar-refractivity contribution in [2.75, 3.05) is 5.73 Å². The van der Waals surface area contributed by atoms with E-state index in [-0.39, 0.29) is 11.4 Å². The minimum absolute atomic E-state index is 0.127. The fourth-order valence-corrected chi connectivity index (χ4v) is 3.14. The molecule has 2 N–H and O–H groups in total. The molecule has 0 aliphatic rings. The largest absolute Gasteiger partial charge is 0.423 e. The molecule has 0 bridgehead atoms. The molecule has 2 aromatic heterocycles. The Morgan fingerprint density at radius 1 is 1.04 bits per heavy atom. The van der Waals surface area contributed by atoms with Crippen molar-refractivity contribution in [3.05, 3.63) is 82.2 Å². The summed E-state index contributed by atoms with van der Waals surface area (Å²) in [6.07, 6.45) is 0. The van der Waals surface area contributed by atoms with E-state index in [0.717, 1.165) is 16.5 Å². The van der Waals surface area contributed by atoms with E-state index in [1.54, 1.807) is 12.1 Å². The zero-order valence-electron chi connectivity index (χ0n) is 14.6. The van der Waals surface area contributed by atoms with E-state index < -0.39 is 5.63 Å². The molecule has 4 rings (SSSR count). The number of nitrogens with zero attached hydrogens (tertiary/aromatic N) is 2. The van der Waals surface area contributed by atoms with Gasteiger partial charge in [-0.15, -0.1) is 0 Å². The van der Waals surface area contributed by atoms with Gasteiger partial charge < -0.3 is 10.2 Å². The van der Waals surface area contributed by atoms with Crippen molar-refractivity contribution in [2.45, 2.75) is 6.92 Å². The average Bonchev–Trinajstić information content (AvgIpc) is 2.67. The molecule has 0 unspecified atom stereocenters. The number of pyridine rings is 1. The molecule has 0 atom stereocenters. The Morgan fingerprint density at radius 3 is 2.56 bits per heavy atom. The lowest BCUT2D eigenvalue weighted by Gasteiger charge is -2.12. The Hall–Kier alpha value is -3.91. The van der Waals surface area contributed by atoms with Crippen LogP contribution in [0.25, 0.3) is 33.4 Å². The highest BCUT2D eigenvalue weighted by Crippen LogP contribution is 2.34. The number of benzene rings is 2. The third-order valence-corrected chi connectivity index (χ3v) is 4.42. The van der Waals surface area contributed by atoms with Gasteiger partial charge in [-0.05, 0) is 24.6 Å². The summed E-state index contributed by atoms with van der Waals surface area (Å²) >= 11 is 0. The van der Waals surface area contributed by atoms with Gasteiger partial charge in [-0.2, -0.15) is 5.26 Å². The van der Waals surface area contributed by atoms with Crippen molar-refractivity contribution in [1.82, 2.24) is 4.98 Å². The first-order valence-electron chi connectivity index (χ1n) is 8.38. The highest BCUT2D eigenvalue weighted by atomic mass is 16.4. The molecule has 0 amide bonds. The molecular formula is C22H15N3O2. The maximum Gasteiger partial charge on any atom is 0.336 e. The molecule has 130 valence electrons. The van der Waals surface area contributed by atoms with Crippen molar-refractivity contribution in [2.24, 2.45) is 0 Å². The smallest absolute Gasteiger partial charge is 0.336 e. The first-order valence-corrected chi connectivity index (χ1v) is 8.38. The summed E-state index contributed by atoms with van der Waals surface area (Å²) in [5, 5.41) is 10.4. The van der Waals surface area contributed by atoms with Crippen LogP contribution < -0.4 is 11.4 Å². The molecule has 4 aromatic rings. The number of aryl methyl sites for hydroxylation is 1. The molecule has 2 heterocycles. The minimum Gasteiger partial charge on any atom is -0.423 e. The molecule has 0 spiro atoms. The number of hydrogen-bond acceptors (Lipinski definition) is 5. The van der Waals surface area contributed by atoms with Gasteiger partial charge >= 0.3 is 5.63 Å². The van der Waals surface area contributed by atoms with Crippen LogP contribution in [0, 0.1) is 18.3 Å². The Labute approximate surface area is 155 Å². The van der Waals surface area contributed by atoms with Gasteiger partial charge in [0, 0.05) is 28.1 Å². The molecule has 0 saturated heterocycles. The fourth-order valence-electron chi connectivity index (χ4n) is 3.14. The third-order valence-electron chi connectivity index (χ3n) is 4.42. The molecule has 0 saturated carbocycles. The monoisotopic (exact) mass is 353 g/mol. The van der Waals surface area contributed by atoms with Crippen LogP contribution in [0.2, 0.25) is 0 Å². The van der Waals surface area contributed by atoms with Gasteiger partial charge in [0.05, 0.1) is 5.69 Å². The Morgan fingerprint density at radius 2 is 1.81 bits per heavy atom. The molecule has 0 radical (unpaired) electrons. The maximum atomic E-state index is 12.1. The molecule has 2 aromatic carbocycles. The Kier molecular flexibility index (Phi) is 3.94. The summed E-state index contributed by atoms with van der Waals surface area (Å²) in [7, 11) is 0. The average molecular weight is 353 g/mol.